The summed E-state index contributed by atoms with van der Waals surface area (Å²) in [6.45, 7) is 1.79. The van der Waals surface area contributed by atoms with Gasteiger partial charge in [0.15, 0.2) is 0 Å². The molecule has 2 aromatic heterocycles. The van der Waals surface area contributed by atoms with Crippen molar-refractivity contribution >= 4 is 23.2 Å². The number of rotatable bonds is 2. The van der Waals surface area contributed by atoms with Crippen LogP contribution in [0.5, 0.6) is 0 Å². The Morgan fingerprint density at radius 3 is 2.82 bits per heavy atom. The first-order valence-corrected chi connectivity index (χ1v) is 5.39. The summed E-state index contributed by atoms with van der Waals surface area (Å²) < 4.78 is 0. The summed E-state index contributed by atoms with van der Waals surface area (Å²) >= 11 is 5.73. The van der Waals surface area contributed by atoms with E-state index in [9.17, 15) is 4.79 Å². The van der Waals surface area contributed by atoms with E-state index in [-0.39, 0.29) is 5.91 Å². The van der Waals surface area contributed by atoms with Crippen LogP contribution in [0.1, 0.15) is 16.1 Å². The molecule has 0 aliphatic rings. The molecule has 5 heteroatoms. The van der Waals surface area contributed by atoms with Gasteiger partial charge in [-0.1, -0.05) is 11.6 Å². The number of hydrogen-bond donors (Lipinski definition) is 1. The molecule has 0 bridgehead atoms. The predicted octanol–water partition coefficient (Wildman–Crippen LogP) is 2.69. The van der Waals surface area contributed by atoms with Crippen LogP contribution in [0, 0.1) is 6.92 Å². The van der Waals surface area contributed by atoms with E-state index in [1.54, 1.807) is 37.4 Å². The molecular weight excluding hydrogens is 238 g/mol. The first kappa shape index (κ1) is 11.5. The molecule has 0 spiro atoms. The zero-order valence-corrected chi connectivity index (χ0v) is 9.90. The molecule has 0 radical (unpaired) electrons. The highest BCUT2D eigenvalue weighted by Crippen LogP contribution is 2.14. The van der Waals surface area contributed by atoms with Crippen LogP contribution in [-0.2, 0) is 0 Å². The lowest BCUT2D eigenvalue weighted by molar-refractivity contribution is 0.102. The second-order valence-corrected chi connectivity index (χ2v) is 3.84. The van der Waals surface area contributed by atoms with Crippen LogP contribution in [-0.4, -0.2) is 15.9 Å². The molecule has 0 saturated heterocycles. The lowest BCUT2D eigenvalue weighted by Crippen LogP contribution is -2.13. The van der Waals surface area contributed by atoms with E-state index < -0.39 is 0 Å². The highest BCUT2D eigenvalue weighted by atomic mass is 35.5. The topological polar surface area (TPSA) is 54.9 Å². The second kappa shape index (κ2) is 4.93. The SMILES string of the molecule is Cc1ncccc1C(=O)Nc1ccnc(Cl)c1. The van der Waals surface area contributed by atoms with Gasteiger partial charge in [-0.05, 0) is 31.2 Å². The van der Waals surface area contributed by atoms with Gasteiger partial charge in [-0.15, -0.1) is 0 Å². The van der Waals surface area contributed by atoms with E-state index in [0.717, 1.165) is 0 Å². The van der Waals surface area contributed by atoms with Crippen molar-refractivity contribution in [3.8, 4) is 0 Å². The normalized spacial score (nSPS) is 10.0. The molecule has 86 valence electrons. The average molecular weight is 248 g/mol. The molecule has 1 amide bonds. The molecule has 17 heavy (non-hydrogen) atoms. The minimum atomic E-state index is -0.210. The minimum absolute atomic E-state index is 0.210. The summed E-state index contributed by atoms with van der Waals surface area (Å²) in [7, 11) is 0. The molecule has 2 aromatic rings. The zero-order valence-electron chi connectivity index (χ0n) is 9.14. The number of carbonyl (C=O) groups excluding carboxylic acids is 1. The Labute approximate surface area is 104 Å². The van der Waals surface area contributed by atoms with Gasteiger partial charge in [0.25, 0.3) is 5.91 Å². The third-order valence-corrected chi connectivity index (χ3v) is 2.44. The number of amides is 1. The van der Waals surface area contributed by atoms with E-state index in [1.807, 2.05) is 0 Å². The summed E-state index contributed by atoms with van der Waals surface area (Å²) in [4.78, 5) is 19.8. The summed E-state index contributed by atoms with van der Waals surface area (Å²) in [5.74, 6) is -0.210. The van der Waals surface area contributed by atoms with Gasteiger partial charge >= 0.3 is 0 Å². The maximum absolute atomic E-state index is 11.9. The highest BCUT2D eigenvalue weighted by Gasteiger charge is 2.09. The van der Waals surface area contributed by atoms with Crippen LogP contribution in [0.15, 0.2) is 36.7 Å². The van der Waals surface area contributed by atoms with Gasteiger partial charge in [-0.2, -0.15) is 0 Å². The van der Waals surface area contributed by atoms with Crippen LogP contribution in [0.3, 0.4) is 0 Å². The summed E-state index contributed by atoms with van der Waals surface area (Å²) in [6.07, 6.45) is 3.18. The molecule has 1 N–H and O–H groups in total. The quantitative estimate of drug-likeness (QED) is 0.830. The lowest BCUT2D eigenvalue weighted by atomic mass is 10.2. The maximum atomic E-state index is 11.9. The number of halogens is 1. The van der Waals surface area contributed by atoms with Crippen LogP contribution in [0.4, 0.5) is 5.69 Å². The van der Waals surface area contributed by atoms with Gasteiger partial charge in [0.1, 0.15) is 5.15 Å². The van der Waals surface area contributed by atoms with E-state index in [1.165, 1.54) is 6.20 Å². The third kappa shape index (κ3) is 2.79. The van der Waals surface area contributed by atoms with Gasteiger partial charge in [0.2, 0.25) is 0 Å². The highest BCUT2D eigenvalue weighted by molar-refractivity contribution is 6.29. The molecular formula is C12H10ClN3O. The number of pyridine rings is 2. The standard InChI is InChI=1S/C12H10ClN3O/c1-8-10(3-2-5-14-8)12(17)16-9-4-6-15-11(13)7-9/h2-7H,1H3,(H,15,16,17). The molecule has 2 rings (SSSR count). The number of hydrogen-bond acceptors (Lipinski definition) is 3. The van der Waals surface area contributed by atoms with Crippen molar-refractivity contribution in [1.29, 1.82) is 0 Å². The number of anilines is 1. The van der Waals surface area contributed by atoms with Gasteiger partial charge < -0.3 is 5.32 Å². The van der Waals surface area contributed by atoms with Crippen molar-refractivity contribution in [2.45, 2.75) is 6.92 Å². The van der Waals surface area contributed by atoms with Crippen molar-refractivity contribution < 1.29 is 4.79 Å². The molecule has 0 unspecified atom stereocenters. The van der Waals surface area contributed by atoms with E-state index in [2.05, 4.69) is 15.3 Å². The number of aromatic nitrogens is 2. The van der Waals surface area contributed by atoms with Crippen LogP contribution in [0.2, 0.25) is 5.15 Å². The molecule has 4 nitrogen and oxygen atoms in total. The molecule has 0 aliphatic carbocycles. The number of carbonyl (C=O) groups is 1. The van der Waals surface area contributed by atoms with E-state index in [0.29, 0.717) is 22.1 Å². The fraction of sp³-hybridized carbons (Fsp3) is 0.0833. The summed E-state index contributed by atoms with van der Waals surface area (Å²) in [5.41, 5.74) is 1.84. The zero-order chi connectivity index (χ0) is 12.3. The van der Waals surface area contributed by atoms with Gasteiger partial charge in [0, 0.05) is 23.8 Å². The minimum Gasteiger partial charge on any atom is -0.322 e. The first-order chi connectivity index (χ1) is 8.16. The third-order valence-electron chi connectivity index (χ3n) is 2.24. The van der Waals surface area contributed by atoms with Gasteiger partial charge in [-0.25, -0.2) is 4.98 Å². The Morgan fingerprint density at radius 2 is 2.12 bits per heavy atom. The molecule has 0 saturated carbocycles. The Morgan fingerprint density at radius 1 is 1.29 bits per heavy atom. The number of aryl methyl sites for hydroxylation is 1. The Hall–Kier alpha value is -1.94. The Bertz CT molecular complexity index is 557. The molecule has 0 fully saturated rings. The molecule has 0 aromatic carbocycles. The molecule has 0 atom stereocenters. The number of nitrogens with one attached hydrogen (secondary N) is 1. The van der Waals surface area contributed by atoms with Crippen molar-refractivity contribution in [3.05, 3.63) is 53.1 Å². The van der Waals surface area contributed by atoms with Crippen LogP contribution >= 0.6 is 11.6 Å². The van der Waals surface area contributed by atoms with Crippen molar-refractivity contribution in [3.63, 3.8) is 0 Å². The van der Waals surface area contributed by atoms with Crippen LogP contribution in [0.25, 0.3) is 0 Å². The Kier molecular flexibility index (Phi) is 3.35. The smallest absolute Gasteiger partial charge is 0.257 e. The largest absolute Gasteiger partial charge is 0.322 e. The fourth-order valence-electron chi connectivity index (χ4n) is 1.40. The second-order valence-electron chi connectivity index (χ2n) is 3.46. The maximum Gasteiger partial charge on any atom is 0.257 e. The summed E-state index contributed by atoms with van der Waals surface area (Å²) in [5, 5.41) is 3.08. The number of nitrogens with zero attached hydrogens (tertiary/aromatic N) is 2. The van der Waals surface area contributed by atoms with Gasteiger partial charge in [-0.3, -0.25) is 9.78 Å². The van der Waals surface area contributed by atoms with E-state index in [4.69, 9.17) is 11.6 Å². The summed E-state index contributed by atoms with van der Waals surface area (Å²) in [6, 6.07) is 6.71. The van der Waals surface area contributed by atoms with Crippen molar-refractivity contribution in [1.82, 2.24) is 9.97 Å². The predicted molar refractivity (Wildman–Crippen MR) is 66.2 cm³/mol. The first-order valence-electron chi connectivity index (χ1n) is 5.01. The fourth-order valence-corrected chi connectivity index (χ4v) is 1.58. The average Bonchev–Trinajstić information content (AvgIpc) is 2.29. The van der Waals surface area contributed by atoms with Crippen molar-refractivity contribution in [2.75, 3.05) is 5.32 Å². The van der Waals surface area contributed by atoms with Crippen LogP contribution < -0.4 is 5.32 Å². The van der Waals surface area contributed by atoms with Gasteiger partial charge in [0.05, 0.1) is 5.56 Å². The van der Waals surface area contributed by atoms with Crippen molar-refractivity contribution in [2.24, 2.45) is 0 Å². The molecule has 2 heterocycles. The lowest BCUT2D eigenvalue weighted by Gasteiger charge is -2.06. The molecule has 0 aliphatic heterocycles. The monoisotopic (exact) mass is 247 g/mol. The van der Waals surface area contributed by atoms with E-state index >= 15 is 0 Å². The Balaban J connectivity index is 2.20.